The Hall–Kier alpha value is -1.84. The third kappa shape index (κ3) is 3.71. The monoisotopic (exact) mass is 193 g/mol. The van der Waals surface area contributed by atoms with Gasteiger partial charge in [-0.25, -0.2) is 0 Å². The van der Waals surface area contributed by atoms with Crippen LogP contribution in [-0.4, -0.2) is 17.0 Å². The zero-order valence-electron chi connectivity index (χ0n) is 7.56. The van der Waals surface area contributed by atoms with E-state index in [1.54, 1.807) is 24.3 Å². The summed E-state index contributed by atoms with van der Waals surface area (Å²) in [6.07, 6.45) is -0.136. The Kier molecular flexibility index (Phi) is 3.67. The zero-order chi connectivity index (χ0) is 10.4. The maximum Gasteiger partial charge on any atom is 0.303 e. The lowest BCUT2D eigenvalue weighted by molar-refractivity contribution is -0.138. The van der Waals surface area contributed by atoms with Crippen molar-refractivity contribution in [2.45, 2.75) is 12.8 Å². The maximum absolute atomic E-state index is 11.1. The number of rotatable bonds is 4. The first-order chi connectivity index (χ1) is 6.68. The molecule has 1 amide bonds. The fourth-order valence-electron chi connectivity index (χ4n) is 0.965. The number of carbonyl (C=O) groups is 2. The highest BCUT2D eigenvalue weighted by Crippen LogP contribution is 2.05. The number of carboxylic acid groups (broad SMARTS) is 1. The molecule has 4 heteroatoms. The smallest absolute Gasteiger partial charge is 0.303 e. The van der Waals surface area contributed by atoms with Crippen molar-refractivity contribution < 1.29 is 14.7 Å². The average Bonchev–Trinajstić information content (AvgIpc) is 2.16. The summed E-state index contributed by atoms with van der Waals surface area (Å²) in [4.78, 5) is 21.3. The van der Waals surface area contributed by atoms with Gasteiger partial charge in [0.25, 0.3) is 0 Å². The zero-order valence-corrected chi connectivity index (χ0v) is 7.56. The van der Waals surface area contributed by atoms with E-state index in [1.807, 2.05) is 6.07 Å². The molecule has 4 nitrogen and oxygen atoms in total. The molecule has 0 aliphatic rings. The largest absolute Gasteiger partial charge is 0.481 e. The standard InChI is InChI=1S/C10H11NO3/c12-9(6-7-10(13)14)11-8-4-2-1-3-5-8/h1-5H,6-7H2,(H,11,12)(H,13,14). The molecular weight excluding hydrogens is 182 g/mol. The van der Waals surface area contributed by atoms with Crippen LogP contribution in [-0.2, 0) is 9.59 Å². The average molecular weight is 193 g/mol. The second-order valence-electron chi connectivity index (χ2n) is 2.81. The molecule has 0 spiro atoms. The molecule has 1 aromatic rings. The molecule has 74 valence electrons. The number of aliphatic carboxylic acids is 1. The third-order valence-corrected chi connectivity index (χ3v) is 1.62. The van der Waals surface area contributed by atoms with Gasteiger partial charge in [0, 0.05) is 12.1 Å². The molecule has 0 bridgehead atoms. The van der Waals surface area contributed by atoms with E-state index in [0.717, 1.165) is 0 Å². The number of amides is 1. The van der Waals surface area contributed by atoms with Gasteiger partial charge in [0.2, 0.25) is 5.91 Å². The first-order valence-corrected chi connectivity index (χ1v) is 4.25. The second-order valence-corrected chi connectivity index (χ2v) is 2.81. The Labute approximate surface area is 81.6 Å². The molecule has 0 saturated carbocycles. The van der Waals surface area contributed by atoms with Crippen LogP contribution >= 0.6 is 0 Å². The first kappa shape index (κ1) is 10.2. The van der Waals surface area contributed by atoms with Crippen LogP contribution < -0.4 is 5.32 Å². The number of hydrogen-bond acceptors (Lipinski definition) is 2. The van der Waals surface area contributed by atoms with Crippen LogP contribution in [0.25, 0.3) is 0 Å². The van der Waals surface area contributed by atoms with Gasteiger partial charge in [-0.3, -0.25) is 9.59 Å². The van der Waals surface area contributed by atoms with Crippen molar-refractivity contribution in [3.63, 3.8) is 0 Å². The van der Waals surface area contributed by atoms with E-state index in [1.165, 1.54) is 0 Å². The highest BCUT2D eigenvalue weighted by molar-refractivity contribution is 5.92. The van der Waals surface area contributed by atoms with Gasteiger partial charge >= 0.3 is 5.97 Å². The molecule has 1 rings (SSSR count). The molecule has 1 aromatic carbocycles. The summed E-state index contributed by atoms with van der Waals surface area (Å²) >= 11 is 0. The van der Waals surface area contributed by atoms with Gasteiger partial charge in [-0.15, -0.1) is 0 Å². The van der Waals surface area contributed by atoms with Crippen molar-refractivity contribution in [2.24, 2.45) is 0 Å². The van der Waals surface area contributed by atoms with Gasteiger partial charge in [-0.2, -0.15) is 0 Å². The van der Waals surface area contributed by atoms with Crippen LogP contribution in [0.5, 0.6) is 0 Å². The van der Waals surface area contributed by atoms with Crippen LogP contribution in [0.2, 0.25) is 0 Å². The molecule has 14 heavy (non-hydrogen) atoms. The van der Waals surface area contributed by atoms with Crippen LogP contribution in [0.15, 0.2) is 30.3 Å². The fourth-order valence-corrected chi connectivity index (χ4v) is 0.965. The topological polar surface area (TPSA) is 66.4 Å². The Morgan fingerprint density at radius 2 is 1.79 bits per heavy atom. The van der Waals surface area contributed by atoms with Crippen LogP contribution in [0.4, 0.5) is 5.69 Å². The molecule has 0 atom stereocenters. The molecule has 0 saturated heterocycles. The van der Waals surface area contributed by atoms with E-state index in [9.17, 15) is 9.59 Å². The molecule has 0 aliphatic carbocycles. The van der Waals surface area contributed by atoms with Gasteiger partial charge in [0.15, 0.2) is 0 Å². The lowest BCUT2D eigenvalue weighted by Gasteiger charge is -2.02. The normalized spacial score (nSPS) is 9.43. The minimum absolute atomic E-state index is 0.00419. The lowest BCUT2D eigenvalue weighted by Crippen LogP contribution is -2.12. The van der Waals surface area contributed by atoms with E-state index in [4.69, 9.17) is 5.11 Å². The molecular formula is C10H11NO3. The summed E-state index contributed by atoms with van der Waals surface area (Å²) in [5, 5.41) is 10.9. The van der Waals surface area contributed by atoms with E-state index >= 15 is 0 Å². The van der Waals surface area contributed by atoms with Crippen LogP contribution in [0.1, 0.15) is 12.8 Å². The van der Waals surface area contributed by atoms with Crippen LogP contribution in [0, 0.1) is 0 Å². The van der Waals surface area contributed by atoms with Crippen LogP contribution in [0.3, 0.4) is 0 Å². The molecule has 0 radical (unpaired) electrons. The van der Waals surface area contributed by atoms with Crippen molar-refractivity contribution in [1.29, 1.82) is 0 Å². The Morgan fingerprint density at radius 1 is 1.14 bits per heavy atom. The molecule has 0 aliphatic heterocycles. The van der Waals surface area contributed by atoms with Gasteiger partial charge in [0.05, 0.1) is 6.42 Å². The van der Waals surface area contributed by atoms with E-state index in [2.05, 4.69) is 5.32 Å². The quantitative estimate of drug-likeness (QED) is 0.761. The first-order valence-electron chi connectivity index (χ1n) is 4.25. The Bertz CT molecular complexity index is 321. The molecule has 0 unspecified atom stereocenters. The number of anilines is 1. The summed E-state index contributed by atoms with van der Waals surface area (Å²) in [5.41, 5.74) is 0.683. The van der Waals surface area contributed by atoms with Crippen molar-refractivity contribution in [2.75, 3.05) is 5.32 Å². The number of carbonyl (C=O) groups excluding carboxylic acids is 1. The predicted octanol–water partition coefficient (Wildman–Crippen LogP) is 1.49. The summed E-state index contributed by atoms with van der Waals surface area (Å²) in [5.74, 6) is -1.24. The predicted molar refractivity (Wildman–Crippen MR) is 51.9 cm³/mol. The van der Waals surface area contributed by atoms with E-state index < -0.39 is 5.97 Å². The van der Waals surface area contributed by atoms with E-state index in [-0.39, 0.29) is 18.7 Å². The molecule has 0 fully saturated rings. The lowest BCUT2D eigenvalue weighted by atomic mass is 10.2. The summed E-state index contributed by atoms with van der Waals surface area (Å²) in [6.45, 7) is 0. The third-order valence-electron chi connectivity index (χ3n) is 1.62. The Morgan fingerprint density at radius 3 is 2.36 bits per heavy atom. The van der Waals surface area contributed by atoms with Crippen molar-refractivity contribution in [3.8, 4) is 0 Å². The number of carboxylic acids is 1. The second kappa shape index (κ2) is 5.01. The SMILES string of the molecule is O=C(O)CCC(=O)Nc1ccccc1. The molecule has 0 heterocycles. The van der Waals surface area contributed by atoms with E-state index in [0.29, 0.717) is 5.69 Å². The number of nitrogens with one attached hydrogen (secondary N) is 1. The highest BCUT2D eigenvalue weighted by atomic mass is 16.4. The highest BCUT2D eigenvalue weighted by Gasteiger charge is 2.04. The van der Waals surface area contributed by atoms with Gasteiger partial charge < -0.3 is 10.4 Å². The maximum atomic E-state index is 11.1. The van der Waals surface area contributed by atoms with Gasteiger partial charge in [-0.05, 0) is 12.1 Å². The summed E-state index contributed by atoms with van der Waals surface area (Å²) in [7, 11) is 0. The summed E-state index contributed by atoms with van der Waals surface area (Å²) in [6, 6.07) is 8.93. The number of hydrogen-bond donors (Lipinski definition) is 2. The van der Waals surface area contributed by atoms with Gasteiger partial charge in [0.1, 0.15) is 0 Å². The van der Waals surface area contributed by atoms with Crippen molar-refractivity contribution >= 4 is 17.6 Å². The van der Waals surface area contributed by atoms with Crippen molar-refractivity contribution in [3.05, 3.63) is 30.3 Å². The summed E-state index contributed by atoms with van der Waals surface area (Å²) < 4.78 is 0. The Balaban J connectivity index is 2.38. The fraction of sp³-hybridized carbons (Fsp3) is 0.200. The minimum atomic E-state index is -0.965. The molecule has 0 aromatic heterocycles. The van der Waals surface area contributed by atoms with Gasteiger partial charge in [-0.1, -0.05) is 18.2 Å². The number of benzene rings is 1. The minimum Gasteiger partial charge on any atom is -0.481 e. The van der Waals surface area contributed by atoms with Crippen molar-refractivity contribution in [1.82, 2.24) is 0 Å². The molecule has 2 N–H and O–H groups in total. The number of para-hydroxylation sites is 1.